The van der Waals surface area contributed by atoms with E-state index < -0.39 is 11.9 Å². The molecule has 2 heterocycles. The maximum atomic E-state index is 12.7. The molecule has 2 aromatic carbocycles. The number of carbonyl (C=O) groups excluding carboxylic acids is 1. The summed E-state index contributed by atoms with van der Waals surface area (Å²) in [6.07, 6.45) is 2.92. The molecule has 0 spiro atoms. The zero-order valence-corrected chi connectivity index (χ0v) is 19.5. The SMILES string of the molecule is COc1ccc(C(=O)C2CCN(CC3COc4ccccc4O3)CC2)cc1.O=C(O)/C=C/C(=O)O. The summed E-state index contributed by atoms with van der Waals surface area (Å²) in [5.41, 5.74) is 0.773. The summed E-state index contributed by atoms with van der Waals surface area (Å²) in [5.74, 6) is 0.232. The van der Waals surface area contributed by atoms with E-state index in [1.54, 1.807) is 7.11 Å². The van der Waals surface area contributed by atoms with Crippen molar-refractivity contribution in [1.82, 2.24) is 4.90 Å². The van der Waals surface area contributed by atoms with E-state index in [0.717, 1.165) is 55.3 Å². The predicted molar refractivity (Wildman–Crippen MR) is 127 cm³/mol. The largest absolute Gasteiger partial charge is 0.497 e. The minimum Gasteiger partial charge on any atom is -0.497 e. The van der Waals surface area contributed by atoms with Gasteiger partial charge in [0.25, 0.3) is 0 Å². The highest BCUT2D eigenvalue weighted by Gasteiger charge is 2.29. The van der Waals surface area contributed by atoms with Crippen LogP contribution in [-0.4, -0.2) is 72.3 Å². The van der Waals surface area contributed by atoms with Crippen LogP contribution in [0.1, 0.15) is 23.2 Å². The van der Waals surface area contributed by atoms with Crippen LogP contribution in [0.15, 0.2) is 60.7 Å². The average molecular weight is 484 g/mol. The molecule has 0 aromatic heterocycles. The van der Waals surface area contributed by atoms with Crippen molar-refractivity contribution in [3.8, 4) is 17.2 Å². The second-order valence-corrected chi connectivity index (χ2v) is 8.18. The third-order valence-corrected chi connectivity index (χ3v) is 5.73. The Balaban J connectivity index is 0.000000371. The minimum absolute atomic E-state index is 0.0359. The van der Waals surface area contributed by atoms with Crippen LogP contribution in [-0.2, 0) is 9.59 Å². The van der Waals surface area contributed by atoms with E-state index in [4.69, 9.17) is 24.4 Å². The van der Waals surface area contributed by atoms with Gasteiger partial charge >= 0.3 is 11.9 Å². The Morgan fingerprint density at radius 2 is 1.57 bits per heavy atom. The first-order valence-electron chi connectivity index (χ1n) is 11.3. The molecule has 2 aliphatic heterocycles. The van der Waals surface area contributed by atoms with Crippen LogP contribution in [0.4, 0.5) is 0 Å². The Morgan fingerprint density at radius 3 is 2.14 bits per heavy atom. The Bertz CT molecular complexity index is 1030. The van der Waals surface area contributed by atoms with E-state index in [-0.39, 0.29) is 17.8 Å². The molecule has 0 aliphatic carbocycles. The molecule has 0 amide bonds. The lowest BCUT2D eigenvalue weighted by Crippen LogP contribution is -2.45. The number of fused-ring (bicyclic) bond motifs is 1. The number of carboxylic acid groups (broad SMARTS) is 2. The van der Waals surface area contributed by atoms with Crippen molar-refractivity contribution < 1.29 is 38.8 Å². The quantitative estimate of drug-likeness (QED) is 0.452. The number of hydrogen-bond donors (Lipinski definition) is 2. The van der Waals surface area contributed by atoms with E-state index in [9.17, 15) is 14.4 Å². The van der Waals surface area contributed by atoms with Crippen molar-refractivity contribution in [2.45, 2.75) is 18.9 Å². The zero-order valence-electron chi connectivity index (χ0n) is 19.5. The maximum Gasteiger partial charge on any atom is 0.328 e. The Morgan fingerprint density at radius 1 is 0.971 bits per heavy atom. The lowest BCUT2D eigenvalue weighted by atomic mass is 9.89. The standard InChI is InChI=1S/C22H25NO4.C4H4O4/c1-25-18-8-6-16(7-9-18)22(24)17-10-12-23(13-11-17)14-19-15-26-20-4-2-3-5-21(20)27-19;5-3(6)1-2-4(7)8/h2-9,17,19H,10-15H2,1H3;1-2H,(H,5,6)(H,7,8)/b;2-1+. The summed E-state index contributed by atoms with van der Waals surface area (Å²) in [4.78, 5) is 34.2. The van der Waals surface area contributed by atoms with Gasteiger partial charge in [0.2, 0.25) is 0 Å². The Kier molecular flexibility index (Phi) is 9.25. The summed E-state index contributed by atoms with van der Waals surface area (Å²) in [6, 6.07) is 15.2. The normalized spacial score (nSPS) is 17.8. The Labute approximate surface area is 203 Å². The van der Waals surface area contributed by atoms with E-state index in [1.807, 2.05) is 48.5 Å². The van der Waals surface area contributed by atoms with Crippen LogP contribution >= 0.6 is 0 Å². The van der Waals surface area contributed by atoms with Crippen molar-refractivity contribution >= 4 is 17.7 Å². The predicted octanol–water partition coefficient (Wildman–Crippen LogP) is 3.14. The van der Waals surface area contributed by atoms with Gasteiger partial charge in [-0.15, -0.1) is 0 Å². The van der Waals surface area contributed by atoms with Gasteiger partial charge < -0.3 is 24.4 Å². The number of piperidine rings is 1. The van der Waals surface area contributed by atoms with Crippen LogP contribution in [0.3, 0.4) is 0 Å². The number of ether oxygens (including phenoxy) is 3. The van der Waals surface area contributed by atoms with Crippen LogP contribution in [0.5, 0.6) is 17.2 Å². The molecule has 0 bridgehead atoms. The van der Waals surface area contributed by atoms with Crippen LogP contribution < -0.4 is 14.2 Å². The molecule has 9 heteroatoms. The Hall–Kier alpha value is -3.85. The van der Waals surface area contributed by atoms with Crippen LogP contribution in [0.2, 0.25) is 0 Å². The fraction of sp³-hybridized carbons (Fsp3) is 0.346. The van der Waals surface area contributed by atoms with E-state index in [0.29, 0.717) is 18.8 Å². The fourth-order valence-corrected chi connectivity index (χ4v) is 3.95. The van der Waals surface area contributed by atoms with Gasteiger partial charge in [0.15, 0.2) is 17.3 Å². The number of para-hydroxylation sites is 2. The smallest absolute Gasteiger partial charge is 0.328 e. The van der Waals surface area contributed by atoms with E-state index in [1.165, 1.54) is 0 Å². The first kappa shape index (κ1) is 25.8. The van der Waals surface area contributed by atoms with Gasteiger partial charge in [-0.05, 0) is 62.3 Å². The summed E-state index contributed by atoms with van der Waals surface area (Å²) in [7, 11) is 1.63. The van der Waals surface area contributed by atoms with Crippen molar-refractivity contribution in [2.75, 3.05) is 33.4 Å². The summed E-state index contributed by atoms with van der Waals surface area (Å²) < 4.78 is 17.0. The topological polar surface area (TPSA) is 123 Å². The summed E-state index contributed by atoms with van der Waals surface area (Å²) in [5, 5.41) is 15.6. The van der Waals surface area contributed by atoms with Gasteiger partial charge in [-0.3, -0.25) is 9.69 Å². The number of rotatable bonds is 7. The fourth-order valence-electron chi connectivity index (χ4n) is 3.95. The van der Waals surface area contributed by atoms with Gasteiger partial charge in [-0.1, -0.05) is 12.1 Å². The molecule has 35 heavy (non-hydrogen) atoms. The minimum atomic E-state index is -1.26. The van der Waals surface area contributed by atoms with Gasteiger partial charge in [0.05, 0.1) is 7.11 Å². The molecule has 1 saturated heterocycles. The molecule has 2 aromatic rings. The van der Waals surface area contributed by atoms with Crippen molar-refractivity contribution in [1.29, 1.82) is 0 Å². The van der Waals surface area contributed by atoms with Crippen LogP contribution in [0, 0.1) is 5.92 Å². The third-order valence-electron chi connectivity index (χ3n) is 5.73. The highest BCUT2D eigenvalue weighted by Crippen LogP contribution is 2.31. The number of methoxy groups -OCH3 is 1. The number of hydrogen-bond acceptors (Lipinski definition) is 7. The second-order valence-electron chi connectivity index (χ2n) is 8.18. The molecule has 2 aliphatic rings. The molecule has 2 N–H and O–H groups in total. The molecular weight excluding hydrogens is 454 g/mol. The second kappa shape index (κ2) is 12.6. The summed E-state index contributed by atoms with van der Waals surface area (Å²) in [6.45, 7) is 3.22. The molecule has 0 radical (unpaired) electrons. The van der Waals surface area contributed by atoms with Crippen molar-refractivity contribution in [2.24, 2.45) is 5.92 Å². The number of likely N-dealkylation sites (tertiary alicyclic amines) is 1. The highest BCUT2D eigenvalue weighted by molar-refractivity contribution is 5.98. The number of nitrogens with zero attached hydrogens (tertiary/aromatic N) is 1. The molecular formula is C26H29NO8. The number of aliphatic carboxylic acids is 2. The molecule has 1 fully saturated rings. The molecule has 0 saturated carbocycles. The monoisotopic (exact) mass is 483 g/mol. The highest BCUT2D eigenvalue weighted by atomic mass is 16.6. The molecule has 4 rings (SSSR count). The molecule has 1 unspecified atom stereocenters. The first-order chi connectivity index (χ1) is 16.9. The lowest BCUT2D eigenvalue weighted by molar-refractivity contribution is -0.134. The van der Waals surface area contributed by atoms with E-state index >= 15 is 0 Å². The third kappa shape index (κ3) is 7.86. The number of ketones is 1. The van der Waals surface area contributed by atoms with Crippen LogP contribution in [0.25, 0.3) is 0 Å². The van der Waals surface area contributed by atoms with E-state index in [2.05, 4.69) is 4.90 Å². The molecule has 9 nitrogen and oxygen atoms in total. The first-order valence-corrected chi connectivity index (χ1v) is 11.3. The van der Waals surface area contributed by atoms with Crippen molar-refractivity contribution in [3.63, 3.8) is 0 Å². The molecule has 1 atom stereocenters. The van der Waals surface area contributed by atoms with Crippen molar-refractivity contribution in [3.05, 3.63) is 66.2 Å². The van der Waals surface area contributed by atoms with Gasteiger partial charge in [0.1, 0.15) is 18.5 Å². The maximum absolute atomic E-state index is 12.7. The average Bonchev–Trinajstić information content (AvgIpc) is 2.88. The lowest BCUT2D eigenvalue weighted by Gasteiger charge is -2.35. The summed E-state index contributed by atoms with van der Waals surface area (Å²) >= 11 is 0. The van der Waals surface area contributed by atoms with Gasteiger partial charge in [0, 0.05) is 30.2 Å². The number of benzene rings is 2. The molecule has 186 valence electrons. The number of carbonyl (C=O) groups is 3. The zero-order chi connectivity index (χ0) is 25.2. The van der Waals surface area contributed by atoms with Gasteiger partial charge in [-0.25, -0.2) is 9.59 Å². The number of Topliss-reactive ketones (excluding diaryl/α,β-unsaturated/α-hetero) is 1. The van der Waals surface area contributed by atoms with Gasteiger partial charge in [-0.2, -0.15) is 0 Å². The number of carboxylic acids is 2.